The van der Waals surface area contributed by atoms with Crippen LogP contribution in [0.15, 0.2) is 4.90 Å². The Kier molecular flexibility index (Phi) is 3.81. The van der Waals surface area contributed by atoms with E-state index < -0.39 is 10.0 Å². The van der Waals surface area contributed by atoms with Gasteiger partial charge in [-0.1, -0.05) is 6.42 Å². The van der Waals surface area contributed by atoms with Gasteiger partial charge in [-0.3, -0.25) is 5.10 Å². The molecule has 5 nitrogen and oxygen atoms in total. The third-order valence-electron chi connectivity index (χ3n) is 4.60. The second kappa shape index (κ2) is 5.31. The number of halogens is 1. The van der Waals surface area contributed by atoms with E-state index in [2.05, 4.69) is 10.2 Å². The Labute approximate surface area is 124 Å². The molecule has 0 spiro atoms. The summed E-state index contributed by atoms with van der Waals surface area (Å²) >= 11 is 5.84. The van der Waals surface area contributed by atoms with E-state index in [4.69, 9.17) is 11.6 Å². The van der Waals surface area contributed by atoms with Gasteiger partial charge in [-0.05, 0) is 38.5 Å². The summed E-state index contributed by atoms with van der Waals surface area (Å²) in [5.74, 6) is 0.645. The number of hydrogen-bond donors (Lipinski definition) is 1. The van der Waals surface area contributed by atoms with Crippen molar-refractivity contribution in [2.75, 3.05) is 6.54 Å². The molecule has 0 bridgehead atoms. The van der Waals surface area contributed by atoms with Crippen LogP contribution in [0.1, 0.15) is 43.5 Å². The lowest BCUT2D eigenvalue weighted by molar-refractivity contribution is 0.202. The highest BCUT2D eigenvalue weighted by atomic mass is 35.5. The van der Waals surface area contributed by atoms with Crippen molar-refractivity contribution in [1.82, 2.24) is 14.5 Å². The Morgan fingerprint density at radius 2 is 2.10 bits per heavy atom. The standard InChI is InChI=1S/C13H20ClN3O2S/c1-9-13(11(8-14)16-15-9)20(18,19)17-7-3-5-10-4-2-6-12(10)17/h10,12H,2-8H2,1H3,(H,15,16). The first-order valence-corrected chi connectivity index (χ1v) is 9.15. The lowest BCUT2D eigenvalue weighted by Crippen LogP contribution is -2.46. The SMILES string of the molecule is Cc1[nH]nc(CCl)c1S(=O)(=O)N1CCCC2CCCC21. The van der Waals surface area contributed by atoms with E-state index in [0.717, 1.165) is 32.1 Å². The van der Waals surface area contributed by atoms with Gasteiger partial charge in [0.15, 0.2) is 0 Å². The van der Waals surface area contributed by atoms with Gasteiger partial charge in [-0.25, -0.2) is 8.42 Å². The molecule has 2 atom stereocenters. The minimum Gasteiger partial charge on any atom is -0.281 e. The lowest BCUT2D eigenvalue weighted by atomic mass is 9.94. The zero-order valence-electron chi connectivity index (χ0n) is 11.6. The van der Waals surface area contributed by atoms with E-state index in [-0.39, 0.29) is 11.9 Å². The fourth-order valence-corrected chi connectivity index (χ4v) is 6.08. The summed E-state index contributed by atoms with van der Waals surface area (Å²) in [4.78, 5) is 0.292. The number of nitrogens with zero attached hydrogens (tertiary/aromatic N) is 2. The van der Waals surface area contributed by atoms with Crippen LogP contribution in [0.2, 0.25) is 0 Å². The number of alkyl halides is 1. The van der Waals surface area contributed by atoms with Crippen molar-refractivity contribution in [2.45, 2.75) is 55.8 Å². The Hall–Kier alpha value is -0.590. The number of nitrogens with one attached hydrogen (secondary N) is 1. The van der Waals surface area contributed by atoms with Crippen molar-refractivity contribution in [1.29, 1.82) is 0 Å². The molecule has 1 aliphatic heterocycles. The van der Waals surface area contributed by atoms with Gasteiger partial charge in [0.1, 0.15) is 4.90 Å². The predicted octanol–water partition coefficient (Wildman–Crippen LogP) is 2.41. The molecule has 2 unspecified atom stereocenters. The molecule has 3 rings (SSSR count). The first-order valence-electron chi connectivity index (χ1n) is 7.17. The summed E-state index contributed by atoms with van der Waals surface area (Å²) in [5.41, 5.74) is 1.02. The van der Waals surface area contributed by atoms with Gasteiger partial charge in [0, 0.05) is 12.6 Å². The first kappa shape index (κ1) is 14.4. The topological polar surface area (TPSA) is 66.1 Å². The van der Waals surface area contributed by atoms with Crippen LogP contribution >= 0.6 is 11.6 Å². The van der Waals surface area contributed by atoms with Crippen LogP contribution in [0.5, 0.6) is 0 Å². The Morgan fingerprint density at radius 3 is 2.85 bits per heavy atom. The molecule has 1 aliphatic carbocycles. The number of sulfonamides is 1. The van der Waals surface area contributed by atoms with Crippen LogP contribution in [-0.4, -0.2) is 35.5 Å². The average molecular weight is 318 g/mol. The van der Waals surface area contributed by atoms with E-state index >= 15 is 0 Å². The van der Waals surface area contributed by atoms with E-state index in [0.29, 0.717) is 28.7 Å². The quantitative estimate of drug-likeness (QED) is 0.871. The van der Waals surface area contributed by atoms with Crippen LogP contribution in [0.3, 0.4) is 0 Å². The maximum Gasteiger partial charge on any atom is 0.247 e. The van der Waals surface area contributed by atoms with Crippen LogP contribution in [0.25, 0.3) is 0 Å². The highest BCUT2D eigenvalue weighted by molar-refractivity contribution is 7.89. The van der Waals surface area contributed by atoms with Crippen molar-refractivity contribution in [3.8, 4) is 0 Å². The van der Waals surface area contributed by atoms with Gasteiger partial charge in [0.2, 0.25) is 10.0 Å². The smallest absolute Gasteiger partial charge is 0.247 e. The molecule has 112 valence electrons. The Morgan fingerprint density at radius 1 is 1.35 bits per heavy atom. The summed E-state index contributed by atoms with van der Waals surface area (Å²) in [7, 11) is -3.49. The Bertz CT molecular complexity index is 599. The highest BCUT2D eigenvalue weighted by Gasteiger charge is 2.42. The van der Waals surface area contributed by atoms with Crippen molar-refractivity contribution in [3.63, 3.8) is 0 Å². The largest absolute Gasteiger partial charge is 0.281 e. The predicted molar refractivity (Wildman–Crippen MR) is 77.1 cm³/mol. The number of piperidine rings is 1. The van der Waals surface area contributed by atoms with Crippen LogP contribution < -0.4 is 0 Å². The minimum absolute atomic E-state index is 0.112. The summed E-state index contributed by atoms with van der Waals surface area (Å²) in [6.45, 7) is 2.36. The third-order valence-corrected chi connectivity index (χ3v) is 6.98. The molecule has 2 heterocycles. The molecule has 1 saturated heterocycles. The first-order chi connectivity index (χ1) is 9.55. The van der Waals surface area contributed by atoms with Crippen LogP contribution in [0, 0.1) is 12.8 Å². The summed E-state index contributed by atoms with van der Waals surface area (Å²) in [5, 5.41) is 6.77. The second-order valence-electron chi connectivity index (χ2n) is 5.77. The monoisotopic (exact) mass is 317 g/mol. The van der Waals surface area contributed by atoms with Crippen molar-refractivity contribution < 1.29 is 8.42 Å². The number of H-pyrrole nitrogens is 1. The third kappa shape index (κ3) is 2.18. The van der Waals surface area contributed by atoms with Gasteiger partial charge < -0.3 is 0 Å². The fourth-order valence-electron chi connectivity index (χ4n) is 3.73. The maximum atomic E-state index is 13.0. The molecule has 1 N–H and O–H groups in total. The van der Waals surface area contributed by atoms with Crippen molar-refractivity contribution >= 4 is 21.6 Å². The van der Waals surface area contributed by atoms with Gasteiger partial charge in [0.05, 0.1) is 17.3 Å². The normalized spacial score (nSPS) is 27.7. The molecular weight excluding hydrogens is 298 g/mol. The molecule has 0 amide bonds. The number of aryl methyl sites for hydroxylation is 1. The lowest BCUT2D eigenvalue weighted by Gasteiger charge is -2.36. The summed E-state index contributed by atoms with van der Waals surface area (Å²) in [6, 6.07) is 0.172. The Balaban J connectivity index is 2.00. The number of aromatic amines is 1. The van der Waals surface area contributed by atoms with Crippen molar-refractivity contribution in [3.05, 3.63) is 11.4 Å². The fraction of sp³-hybridized carbons (Fsp3) is 0.769. The number of fused-ring (bicyclic) bond motifs is 1. The highest BCUT2D eigenvalue weighted by Crippen LogP contribution is 2.40. The van der Waals surface area contributed by atoms with Crippen molar-refractivity contribution in [2.24, 2.45) is 5.92 Å². The molecule has 1 aromatic rings. The van der Waals surface area contributed by atoms with E-state index in [1.54, 1.807) is 11.2 Å². The molecule has 20 heavy (non-hydrogen) atoms. The molecule has 0 aromatic carbocycles. The molecule has 2 aliphatic rings. The van der Waals surface area contributed by atoms with E-state index in [9.17, 15) is 8.42 Å². The number of aromatic nitrogens is 2. The summed E-state index contributed by atoms with van der Waals surface area (Å²) in [6.07, 6.45) is 5.38. The maximum absolute atomic E-state index is 13.0. The molecule has 7 heteroatoms. The summed E-state index contributed by atoms with van der Waals surface area (Å²) < 4.78 is 27.7. The van der Waals surface area contributed by atoms with Crippen LogP contribution in [0.4, 0.5) is 0 Å². The van der Waals surface area contributed by atoms with Gasteiger partial charge in [-0.2, -0.15) is 9.40 Å². The average Bonchev–Trinajstić information content (AvgIpc) is 3.03. The molecule has 0 radical (unpaired) electrons. The van der Waals surface area contributed by atoms with Gasteiger partial charge in [0.25, 0.3) is 0 Å². The van der Waals surface area contributed by atoms with Gasteiger partial charge >= 0.3 is 0 Å². The second-order valence-corrected chi connectivity index (χ2v) is 7.87. The zero-order valence-corrected chi connectivity index (χ0v) is 13.2. The number of hydrogen-bond acceptors (Lipinski definition) is 3. The molecule has 2 fully saturated rings. The molecule has 1 aromatic heterocycles. The van der Waals surface area contributed by atoms with E-state index in [1.165, 1.54) is 0 Å². The zero-order chi connectivity index (χ0) is 14.3. The number of rotatable bonds is 3. The molecular formula is C13H20ClN3O2S. The van der Waals surface area contributed by atoms with Crippen LogP contribution in [-0.2, 0) is 15.9 Å². The van der Waals surface area contributed by atoms with E-state index in [1.807, 2.05) is 0 Å². The minimum atomic E-state index is -3.49. The molecule has 1 saturated carbocycles. The van der Waals surface area contributed by atoms with Gasteiger partial charge in [-0.15, -0.1) is 11.6 Å².